The number of carbonyl (C=O) groups excluding carboxylic acids is 6. The van der Waals surface area contributed by atoms with Crippen LogP contribution in [0.15, 0.2) is 23.0 Å². The molecule has 1 aromatic rings. The number of ether oxygens (including phenoxy) is 7. The van der Waals surface area contributed by atoms with E-state index < -0.39 is 129 Å². The zero-order valence-corrected chi connectivity index (χ0v) is 32.1. The van der Waals surface area contributed by atoms with Crippen LogP contribution < -0.4 is 0 Å². The molecule has 6 aliphatic rings. The van der Waals surface area contributed by atoms with E-state index in [4.69, 9.17) is 37.6 Å². The van der Waals surface area contributed by atoms with Gasteiger partial charge in [0.15, 0.2) is 30.2 Å². The summed E-state index contributed by atoms with van der Waals surface area (Å²) in [6, 6.07) is 1.79. The van der Waals surface area contributed by atoms with Crippen molar-refractivity contribution in [2.75, 3.05) is 6.61 Å². The van der Waals surface area contributed by atoms with Gasteiger partial charge in [0, 0.05) is 50.4 Å². The largest absolute Gasteiger partial charge is 0.472 e. The third-order valence-electron chi connectivity index (χ3n) is 14.4. The van der Waals surface area contributed by atoms with Gasteiger partial charge in [-0.2, -0.15) is 0 Å². The van der Waals surface area contributed by atoms with Crippen molar-refractivity contribution < 1.29 is 71.4 Å². The highest BCUT2D eigenvalue weighted by Crippen LogP contribution is 2.83. The maximum atomic E-state index is 15.8. The standard InChI is InChI=1S/C39H50O15/c1-10-17(2)33(46)53-34-35(7)24-14-25(44)37(9)29(38(24,16-48-34)32(52-21(6)43)28(49-18(3)40)31(35)51-20(5)42)27(45)30(50-19(4)41)36(8)23(22-11-12-47-15-22)13-26-39(36,37)54-26/h11-12,15,17,23-26,28-32,34,44H,10,13-14,16H2,1-9H3/t17-,23+,24+,25-,26-,28+,29+,30+,31-,32+,34+,35-,36-,37-,38+,39-/m1/s1. The van der Waals surface area contributed by atoms with Gasteiger partial charge in [-0.3, -0.25) is 28.8 Å². The summed E-state index contributed by atoms with van der Waals surface area (Å²) in [7, 11) is 0. The number of epoxide rings is 1. The number of rotatable bonds is 8. The lowest BCUT2D eigenvalue weighted by molar-refractivity contribution is -0.391. The first kappa shape index (κ1) is 38.5. The highest BCUT2D eigenvalue weighted by Gasteiger charge is 2.93. The van der Waals surface area contributed by atoms with Crippen LogP contribution in [0.2, 0.25) is 0 Å². The van der Waals surface area contributed by atoms with Gasteiger partial charge >= 0.3 is 29.8 Å². The van der Waals surface area contributed by atoms with Crippen molar-refractivity contribution in [3.05, 3.63) is 24.2 Å². The van der Waals surface area contributed by atoms with Gasteiger partial charge in [-0.1, -0.05) is 27.7 Å². The van der Waals surface area contributed by atoms with E-state index in [1.165, 1.54) is 13.2 Å². The predicted molar refractivity (Wildman–Crippen MR) is 181 cm³/mol. The number of furan rings is 1. The van der Waals surface area contributed by atoms with Gasteiger partial charge in [0.1, 0.15) is 5.60 Å². The van der Waals surface area contributed by atoms with Crippen molar-refractivity contribution in [2.45, 2.75) is 136 Å². The smallest absolute Gasteiger partial charge is 0.310 e. The van der Waals surface area contributed by atoms with Gasteiger partial charge in [0.25, 0.3) is 0 Å². The van der Waals surface area contributed by atoms with E-state index in [-0.39, 0.29) is 13.0 Å². The quantitative estimate of drug-likeness (QED) is 0.230. The first-order valence-electron chi connectivity index (χ1n) is 18.7. The van der Waals surface area contributed by atoms with Crippen LogP contribution >= 0.6 is 0 Å². The third kappa shape index (κ3) is 4.76. The van der Waals surface area contributed by atoms with Crippen LogP contribution in [0.1, 0.15) is 93.1 Å². The normalized spacial score (nSPS) is 46.0. The second kappa shape index (κ2) is 12.6. The second-order valence-corrected chi connectivity index (χ2v) is 16.9. The van der Waals surface area contributed by atoms with Gasteiger partial charge in [0.05, 0.1) is 48.1 Å². The molecule has 4 saturated carbocycles. The molecule has 2 saturated heterocycles. The molecule has 0 amide bonds. The Kier molecular flexibility index (Phi) is 8.97. The number of esters is 5. The van der Waals surface area contributed by atoms with E-state index in [1.807, 2.05) is 13.8 Å². The summed E-state index contributed by atoms with van der Waals surface area (Å²) < 4.78 is 48.9. The van der Waals surface area contributed by atoms with E-state index in [1.54, 1.807) is 33.1 Å². The van der Waals surface area contributed by atoms with Gasteiger partial charge in [0.2, 0.25) is 6.29 Å². The molecule has 4 aliphatic carbocycles. The monoisotopic (exact) mass is 758 g/mol. The average Bonchev–Trinajstić information content (AvgIpc) is 3.45. The summed E-state index contributed by atoms with van der Waals surface area (Å²) in [6.45, 7) is 13.1. The van der Waals surface area contributed by atoms with Crippen molar-refractivity contribution in [1.29, 1.82) is 0 Å². The molecule has 1 N–H and O–H groups in total. The fourth-order valence-corrected chi connectivity index (χ4v) is 12.2. The van der Waals surface area contributed by atoms with Crippen molar-refractivity contribution in [3.63, 3.8) is 0 Å². The van der Waals surface area contributed by atoms with Crippen molar-refractivity contribution >= 4 is 35.6 Å². The van der Waals surface area contributed by atoms with Crippen LogP contribution in [0.4, 0.5) is 0 Å². The summed E-state index contributed by atoms with van der Waals surface area (Å²) in [6.07, 6.45) is -5.23. The first-order chi connectivity index (χ1) is 25.3. The zero-order chi connectivity index (χ0) is 39.5. The fourth-order valence-electron chi connectivity index (χ4n) is 12.2. The Morgan fingerprint density at radius 2 is 1.52 bits per heavy atom. The van der Waals surface area contributed by atoms with Crippen LogP contribution in [0, 0.1) is 39.4 Å². The molecule has 3 heterocycles. The number of fused-ring (bicyclic) bond motifs is 1. The van der Waals surface area contributed by atoms with Crippen molar-refractivity contribution in [1.82, 2.24) is 0 Å². The van der Waals surface area contributed by atoms with E-state index in [0.29, 0.717) is 12.8 Å². The molecule has 2 bridgehead atoms. The number of carbonyl (C=O) groups is 6. The molecule has 15 heteroatoms. The van der Waals surface area contributed by atoms with Crippen LogP contribution in [-0.4, -0.2) is 95.9 Å². The number of ketones is 1. The summed E-state index contributed by atoms with van der Waals surface area (Å²) in [4.78, 5) is 81.2. The first-order valence-corrected chi connectivity index (χ1v) is 18.7. The van der Waals surface area contributed by atoms with Gasteiger partial charge in [-0.25, -0.2) is 0 Å². The number of hydrogen-bond donors (Lipinski definition) is 1. The zero-order valence-electron chi connectivity index (χ0n) is 32.1. The Morgan fingerprint density at radius 3 is 2.09 bits per heavy atom. The van der Waals surface area contributed by atoms with Gasteiger partial charge < -0.3 is 42.7 Å². The van der Waals surface area contributed by atoms with Crippen LogP contribution in [-0.2, 0) is 61.9 Å². The summed E-state index contributed by atoms with van der Waals surface area (Å²) >= 11 is 0. The lowest BCUT2D eigenvalue weighted by atomic mass is 9.33. The molecule has 296 valence electrons. The fraction of sp³-hybridized carbons (Fsp3) is 0.744. The second-order valence-electron chi connectivity index (χ2n) is 16.9. The highest BCUT2D eigenvalue weighted by atomic mass is 16.7. The molecule has 0 aromatic carbocycles. The number of aliphatic hydroxyl groups is 1. The van der Waals surface area contributed by atoms with Crippen molar-refractivity contribution in [3.8, 4) is 0 Å². The van der Waals surface area contributed by atoms with E-state index in [9.17, 15) is 29.1 Å². The van der Waals surface area contributed by atoms with Crippen molar-refractivity contribution in [2.24, 2.45) is 39.4 Å². The van der Waals surface area contributed by atoms with Gasteiger partial charge in [-0.05, 0) is 43.7 Å². The Hall–Kier alpha value is -3.82. The molecule has 16 atom stereocenters. The minimum absolute atomic E-state index is 0.0810. The molecule has 0 unspecified atom stereocenters. The summed E-state index contributed by atoms with van der Waals surface area (Å²) in [5.41, 5.74) is -6.42. The molecule has 2 aliphatic heterocycles. The van der Waals surface area contributed by atoms with E-state index >= 15 is 4.79 Å². The molecular weight excluding hydrogens is 708 g/mol. The number of Topliss-reactive ketones (excluding diaryl/α,β-unsaturated/α-hetero) is 1. The number of aliphatic hydroxyl groups excluding tert-OH is 1. The van der Waals surface area contributed by atoms with E-state index in [2.05, 4.69) is 0 Å². The Bertz CT molecular complexity index is 1760. The molecule has 6 fully saturated rings. The lowest BCUT2D eigenvalue weighted by Crippen LogP contribution is -2.85. The van der Waals surface area contributed by atoms with Crippen LogP contribution in [0.3, 0.4) is 0 Å². The third-order valence-corrected chi connectivity index (χ3v) is 14.4. The lowest BCUT2D eigenvalue weighted by Gasteiger charge is -2.73. The molecular formula is C39H50O15. The maximum Gasteiger partial charge on any atom is 0.310 e. The Labute approximate surface area is 313 Å². The molecule has 1 aromatic heterocycles. The van der Waals surface area contributed by atoms with E-state index in [0.717, 1.165) is 26.3 Å². The molecule has 15 nitrogen and oxygen atoms in total. The van der Waals surface area contributed by atoms with Crippen LogP contribution in [0.25, 0.3) is 0 Å². The SMILES string of the molecule is CC[C@@H](C)C(=O)O[C@@H]1OC[C@@]23[C@H]4C(=O)[C@H](OC(C)=O)[C@@]5(C)[C@H](c6ccoc6)C[C@H]6O[C@]65[C@]4(C)[C@H](O)C[C@H]2[C@]1(C)[C@H](OC(C)=O)[C@H](OC(C)=O)[C@@H]3OC(C)=O. The van der Waals surface area contributed by atoms with Crippen LogP contribution in [0.5, 0.6) is 0 Å². The van der Waals surface area contributed by atoms with Gasteiger partial charge in [-0.15, -0.1) is 0 Å². The topological polar surface area (TPSA) is 204 Å². The summed E-state index contributed by atoms with van der Waals surface area (Å²) in [5.74, 6) is -7.50. The maximum absolute atomic E-state index is 15.8. The molecule has 0 radical (unpaired) electrons. The molecule has 1 spiro atoms. The number of hydrogen-bond acceptors (Lipinski definition) is 15. The summed E-state index contributed by atoms with van der Waals surface area (Å²) in [5, 5.41) is 12.8. The highest BCUT2D eigenvalue weighted by molar-refractivity contribution is 5.93. The minimum atomic E-state index is -1.65. The molecule has 7 rings (SSSR count). The minimum Gasteiger partial charge on any atom is -0.472 e. The average molecular weight is 759 g/mol. The Balaban J connectivity index is 1.50. The Morgan fingerprint density at radius 1 is 0.889 bits per heavy atom. The molecule has 54 heavy (non-hydrogen) atoms. The predicted octanol–water partition coefficient (Wildman–Crippen LogP) is 3.18.